The quantitative estimate of drug-likeness (QED) is 0.608. The Balaban J connectivity index is 2.04. The predicted molar refractivity (Wildman–Crippen MR) is 100 cm³/mol. The smallest absolute Gasteiger partial charge is 0.328 e. The molecule has 0 aromatic heterocycles. The lowest BCUT2D eigenvalue weighted by molar-refractivity contribution is -0.141. The third kappa shape index (κ3) is 6.36. The second-order valence-electron chi connectivity index (χ2n) is 6.14. The number of hydrogen-bond donors (Lipinski definition) is 0. The Morgan fingerprint density at radius 2 is 1.04 bits per heavy atom. The molecule has 2 rings (SSSR count). The molecule has 0 aliphatic heterocycles. The minimum absolute atomic E-state index is 0.434. The SMILES string of the molecule is O=C(OCl)C(CCC(Cc1ccccc1)C(=O)OCl)Cc1ccccc1. The van der Waals surface area contributed by atoms with Gasteiger partial charge in [-0.05, 0) is 36.8 Å². The molecule has 0 saturated heterocycles. The molecule has 0 aliphatic rings. The van der Waals surface area contributed by atoms with Crippen molar-refractivity contribution >= 4 is 35.7 Å². The number of benzene rings is 2. The maximum atomic E-state index is 12.0. The summed E-state index contributed by atoms with van der Waals surface area (Å²) in [7, 11) is 0. The van der Waals surface area contributed by atoms with Crippen molar-refractivity contribution in [3.05, 3.63) is 71.8 Å². The van der Waals surface area contributed by atoms with Crippen LogP contribution in [0.4, 0.5) is 0 Å². The fourth-order valence-corrected chi connectivity index (χ4v) is 3.18. The van der Waals surface area contributed by atoms with Crippen LogP contribution in [-0.4, -0.2) is 11.9 Å². The molecule has 4 nitrogen and oxygen atoms in total. The van der Waals surface area contributed by atoms with Gasteiger partial charge in [0, 0.05) is 0 Å². The first-order valence-electron chi connectivity index (χ1n) is 8.36. The number of carbonyl (C=O) groups is 2. The van der Waals surface area contributed by atoms with Gasteiger partial charge in [0.25, 0.3) is 0 Å². The molecule has 0 aliphatic carbocycles. The summed E-state index contributed by atoms with van der Waals surface area (Å²) < 4.78 is 8.83. The van der Waals surface area contributed by atoms with Crippen LogP contribution in [-0.2, 0) is 31.0 Å². The lowest BCUT2D eigenvalue weighted by atomic mass is 9.88. The Labute approximate surface area is 163 Å². The summed E-state index contributed by atoms with van der Waals surface area (Å²) in [6.07, 6.45) is 1.84. The molecule has 2 aromatic carbocycles. The number of rotatable bonds is 9. The first kappa shape index (κ1) is 20.3. The zero-order valence-electron chi connectivity index (χ0n) is 14.1. The monoisotopic (exact) mass is 394 g/mol. The van der Waals surface area contributed by atoms with E-state index in [1.54, 1.807) is 0 Å². The van der Waals surface area contributed by atoms with Crippen LogP contribution in [0.25, 0.3) is 0 Å². The second kappa shape index (κ2) is 10.8. The van der Waals surface area contributed by atoms with Crippen molar-refractivity contribution in [3.8, 4) is 0 Å². The Morgan fingerprint density at radius 1 is 0.692 bits per heavy atom. The standard InChI is InChI=1S/C20H20Cl2O4/c21-25-19(23)17(13-15-7-3-1-4-8-15)11-12-18(20(24)26-22)14-16-9-5-2-6-10-16/h1-10,17-18H,11-14H2. The van der Waals surface area contributed by atoms with Gasteiger partial charge in [-0.2, -0.15) is 0 Å². The van der Waals surface area contributed by atoms with Crippen molar-refractivity contribution in [3.63, 3.8) is 0 Å². The van der Waals surface area contributed by atoms with Crippen LogP contribution >= 0.6 is 23.7 Å². The van der Waals surface area contributed by atoms with Gasteiger partial charge in [0.15, 0.2) is 0 Å². The molecule has 138 valence electrons. The summed E-state index contributed by atoms with van der Waals surface area (Å²) in [6, 6.07) is 19.2. The van der Waals surface area contributed by atoms with Crippen molar-refractivity contribution in [2.45, 2.75) is 25.7 Å². The van der Waals surface area contributed by atoms with Gasteiger partial charge in [0.05, 0.1) is 11.8 Å². The van der Waals surface area contributed by atoms with Crippen LogP contribution in [0.3, 0.4) is 0 Å². The molecule has 0 saturated carbocycles. The summed E-state index contributed by atoms with van der Waals surface area (Å²) >= 11 is 10.6. The first-order chi connectivity index (χ1) is 12.6. The van der Waals surface area contributed by atoms with Crippen LogP contribution in [0.15, 0.2) is 60.7 Å². The maximum Gasteiger partial charge on any atom is 0.328 e. The zero-order chi connectivity index (χ0) is 18.8. The normalized spacial score (nSPS) is 12.8. The molecule has 2 atom stereocenters. The van der Waals surface area contributed by atoms with Crippen molar-refractivity contribution < 1.29 is 18.2 Å². The molecule has 0 bridgehead atoms. The van der Waals surface area contributed by atoms with Gasteiger partial charge in [0.1, 0.15) is 23.7 Å². The van der Waals surface area contributed by atoms with Crippen LogP contribution in [0, 0.1) is 11.8 Å². The summed E-state index contributed by atoms with van der Waals surface area (Å²) in [5, 5.41) is 0. The minimum Gasteiger partial charge on any atom is -0.347 e. The molecule has 2 unspecified atom stereocenters. The topological polar surface area (TPSA) is 52.6 Å². The maximum absolute atomic E-state index is 12.0. The molecule has 0 amide bonds. The van der Waals surface area contributed by atoms with E-state index in [9.17, 15) is 9.59 Å². The van der Waals surface area contributed by atoms with Crippen LogP contribution < -0.4 is 0 Å². The van der Waals surface area contributed by atoms with E-state index in [1.807, 2.05) is 60.7 Å². The highest BCUT2D eigenvalue weighted by Crippen LogP contribution is 2.23. The molecule has 0 radical (unpaired) electrons. The molecular formula is C20H20Cl2O4. The predicted octanol–water partition coefficient (Wildman–Crippen LogP) is 4.88. The van der Waals surface area contributed by atoms with Crippen molar-refractivity contribution in [1.29, 1.82) is 0 Å². The van der Waals surface area contributed by atoms with Gasteiger partial charge in [-0.15, -0.1) is 0 Å². The summed E-state index contributed by atoms with van der Waals surface area (Å²) in [5.74, 6) is -1.91. The van der Waals surface area contributed by atoms with E-state index >= 15 is 0 Å². The van der Waals surface area contributed by atoms with Crippen LogP contribution in [0.2, 0.25) is 0 Å². The van der Waals surface area contributed by atoms with Gasteiger partial charge in [-0.3, -0.25) is 9.59 Å². The van der Waals surface area contributed by atoms with Gasteiger partial charge in [-0.25, -0.2) is 0 Å². The van der Waals surface area contributed by atoms with Gasteiger partial charge in [-0.1, -0.05) is 60.7 Å². The van der Waals surface area contributed by atoms with Gasteiger partial charge >= 0.3 is 11.9 Å². The highest BCUT2D eigenvalue weighted by Gasteiger charge is 2.26. The third-order valence-electron chi connectivity index (χ3n) is 4.33. The Kier molecular flexibility index (Phi) is 8.45. The van der Waals surface area contributed by atoms with E-state index in [-0.39, 0.29) is 0 Å². The Hall–Kier alpha value is -2.04. The molecular weight excluding hydrogens is 375 g/mol. The number of hydrogen-bond acceptors (Lipinski definition) is 4. The van der Waals surface area contributed by atoms with Crippen molar-refractivity contribution in [2.75, 3.05) is 0 Å². The molecule has 6 heteroatoms. The lowest BCUT2D eigenvalue weighted by Gasteiger charge is -2.18. The zero-order valence-corrected chi connectivity index (χ0v) is 15.7. The molecule has 0 heterocycles. The number of halogens is 2. The summed E-state index contributed by atoms with van der Waals surface area (Å²) in [4.78, 5) is 24.1. The average Bonchev–Trinajstić information content (AvgIpc) is 2.70. The highest BCUT2D eigenvalue weighted by molar-refractivity contribution is 6.13. The minimum atomic E-state index is -0.506. The van der Waals surface area contributed by atoms with Crippen molar-refractivity contribution in [2.24, 2.45) is 11.8 Å². The van der Waals surface area contributed by atoms with E-state index in [0.29, 0.717) is 25.7 Å². The molecule has 0 N–H and O–H groups in total. The van der Waals surface area contributed by atoms with Crippen molar-refractivity contribution in [1.82, 2.24) is 0 Å². The van der Waals surface area contributed by atoms with E-state index in [1.165, 1.54) is 0 Å². The lowest BCUT2D eigenvalue weighted by Crippen LogP contribution is -2.22. The van der Waals surface area contributed by atoms with E-state index in [4.69, 9.17) is 23.7 Å². The Morgan fingerprint density at radius 3 is 1.35 bits per heavy atom. The third-order valence-corrected chi connectivity index (χ3v) is 4.64. The molecule has 0 fully saturated rings. The van der Waals surface area contributed by atoms with Crippen LogP contribution in [0.1, 0.15) is 24.0 Å². The van der Waals surface area contributed by atoms with E-state index < -0.39 is 23.8 Å². The fraction of sp³-hybridized carbons (Fsp3) is 0.300. The fourth-order valence-electron chi connectivity index (χ4n) is 2.93. The summed E-state index contributed by atoms with van der Waals surface area (Å²) in [5.41, 5.74) is 2.00. The Bertz CT molecular complexity index is 630. The van der Waals surface area contributed by atoms with Gasteiger partial charge in [0.2, 0.25) is 0 Å². The molecule has 26 heavy (non-hydrogen) atoms. The van der Waals surface area contributed by atoms with E-state index in [2.05, 4.69) is 8.58 Å². The van der Waals surface area contributed by atoms with Gasteiger partial charge < -0.3 is 8.58 Å². The molecule has 0 spiro atoms. The molecule has 2 aromatic rings. The number of carbonyl (C=O) groups excluding carboxylic acids is 2. The average molecular weight is 395 g/mol. The van der Waals surface area contributed by atoms with Crippen LogP contribution in [0.5, 0.6) is 0 Å². The second-order valence-corrected chi connectivity index (χ2v) is 6.45. The van der Waals surface area contributed by atoms with E-state index in [0.717, 1.165) is 11.1 Å². The summed E-state index contributed by atoms with van der Waals surface area (Å²) in [6.45, 7) is 0. The largest absolute Gasteiger partial charge is 0.347 e. The first-order valence-corrected chi connectivity index (χ1v) is 8.98. The highest BCUT2D eigenvalue weighted by atomic mass is 35.5.